The van der Waals surface area contributed by atoms with Crippen LogP contribution in [0.1, 0.15) is 31.2 Å². The number of hydrogen-bond donors (Lipinski definition) is 0. The fourth-order valence-corrected chi connectivity index (χ4v) is 3.99. The molecule has 0 radical (unpaired) electrons. The first kappa shape index (κ1) is 15.1. The van der Waals surface area contributed by atoms with Gasteiger partial charge in [0.2, 0.25) is 11.9 Å². The summed E-state index contributed by atoms with van der Waals surface area (Å²) < 4.78 is 0. The molecule has 24 heavy (non-hydrogen) atoms. The van der Waals surface area contributed by atoms with E-state index in [1.165, 1.54) is 5.56 Å². The van der Waals surface area contributed by atoms with Gasteiger partial charge in [-0.05, 0) is 30.9 Å². The fraction of sp³-hybridized carbons (Fsp3) is 0.421. The monoisotopic (exact) mass is 322 g/mol. The molecule has 124 valence electrons. The highest BCUT2D eigenvalue weighted by Gasteiger charge is 2.46. The number of aromatic nitrogens is 2. The van der Waals surface area contributed by atoms with Crippen LogP contribution in [0.2, 0.25) is 0 Å². The zero-order valence-electron chi connectivity index (χ0n) is 13.8. The number of anilines is 1. The number of nitrogens with zero attached hydrogens (tertiary/aromatic N) is 4. The predicted molar refractivity (Wildman–Crippen MR) is 92.4 cm³/mol. The van der Waals surface area contributed by atoms with E-state index in [0.717, 1.165) is 44.8 Å². The molecule has 0 N–H and O–H groups in total. The van der Waals surface area contributed by atoms with Gasteiger partial charge in [0.25, 0.3) is 0 Å². The second-order valence-electron chi connectivity index (χ2n) is 6.73. The lowest BCUT2D eigenvalue weighted by Crippen LogP contribution is -2.53. The van der Waals surface area contributed by atoms with Crippen molar-refractivity contribution in [1.29, 1.82) is 0 Å². The quantitative estimate of drug-likeness (QED) is 0.872. The van der Waals surface area contributed by atoms with Crippen molar-refractivity contribution in [3.63, 3.8) is 0 Å². The van der Waals surface area contributed by atoms with E-state index < -0.39 is 0 Å². The van der Waals surface area contributed by atoms with Gasteiger partial charge < -0.3 is 9.80 Å². The lowest BCUT2D eigenvalue weighted by molar-refractivity contribution is -0.132. The molecule has 5 heteroatoms. The Bertz CT molecular complexity index is 696. The van der Waals surface area contributed by atoms with Crippen LogP contribution in [0.15, 0.2) is 48.8 Å². The van der Waals surface area contributed by atoms with Crippen LogP contribution in [-0.2, 0) is 11.3 Å². The zero-order valence-corrected chi connectivity index (χ0v) is 13.8. The molecule has 0 bridgehead atoms. The van der Waals surface area contributed by atoms with Crippen LogP contribution >= 0.6 is 0 Å². The molecule has 2 fully saturated rings. The van der Waals surface area contributed by atoms with Crippen molar-refractivity contribution < 1.29 is 4.79 Å². The molecule has 1 aromatic carbocycles. The maximum atomic E-state index is 12.5. The summed E-state index contributed by atoms with van der Waals surface area (Å²) in [7, 11) is 0. The Kier molecular flexibility index (Phi) is 3.92. The first-order chi connectivity index (χ1) is 11.8. The minimum atomic E-state index is 0.0121. The summed E-state index contributed by atoms with van der Waals surface area (Å²) in [6.07, 6.45) is 7.20. The van der Waals surface area contributed by atoms with Gasteiger partial charge in [0, 0.05) is 44.0 Å². The minimum Gasteiger partial charge on any atom is -0.341 e. The van der Waals surface area contributed by atoms with Gasteiger partial charge in [0.1, 0.15) is 0 Å². The van der Waals surface area contributed by atoms with Crippen LogP contribution in [0.25, 0.3) is 0 Å². The van der Waals surface area contributed by atoms with Crippen LogP contribution < -0.4 is 4.90 Å². The number of carbonyl (C=O) groups excluding carboxylic acids is 1. The van der Waals surface area contributed by atoms with Crippen molar-refractivity contribution in [1.82, 2.24) is 14.9 Å². The molecule has 2 aromatic rings. The van der Waals surface area contributed by atoms with Crippen molar-refractivity contribution in [2.45, 2.75) is 37.8 Å². The van der Waals surface area contributed by atoms with Gasteiger partial charge in [-0.15, -0.1) is 0 Å². The van der Waals surface area contributed by atoms with Gasteiger partial charge in [-0.1, -0.05) is 30.3 Å². The van der Waals surface area contributed by atoms with Crippen molar-refractivity contribution in [2.75, 3.05) is 18.0 Å². The molecule has 2 aliphatic heterocycles. The van der Waals surface area contributed by atoms with Gasteiger partial charge in [-0.3, -0.25) is 4.79 Å². The Balaban J connectivity index is 1.49. The van der Waals surface area contributed by atoms with Crippen LogP contribution in [0.4, 0.5) is 5.95 Å². The summed E-state index contributed by atoms with van der Waals surface area (Å²) in [4.78, 5) is 25.6. The van der Waals surface area contributed by atoms with Crippen molar-refractivity contribution in [3.8, 4) is 0 Å². The number of carbonyl (C=O) groups is 1. The molecule has 2 aliphatic rings. The standard InChI is InChI=1S/C19H22N4O/c24-17-7-8-19(23(17)15-16-5-2-1-3-6-16)9-13-22(14-10-19)18-20-11-4-12-21-18/h1-6,11-12H,7-10,13-15H2. The van der Waals surface area contributed by atoms with Crippen molar-refractivity contribution >= 4 is 11.9 Å². The lowest BCUT2D eigenvalue weighted by Gasteiger charge is -2.45. The topological polar surface area (TPSA) is 49.3 Å². The molecule has 2 saturated heterocycles. The van der Waals surface area contributed by atoms with E-state index in [-0.39, 0.29) is 5.54 Å². The Morgan fingerprint density at radius 3 is 2.38 bits per heavy atom. The third kappa shape index (κ3) is 2.75. The number of hydrogen-bond acceptors (Lipinski definition) is 4. The average Bonchev–Trinajstić information content (AvgIpc) is 2.94. The molecule has 1 aromatic heterocycles. The molecule has 0 saturated carbocycles. The third-order valence-corrected chi connectivity index (χ3v) is 5.39. The van der Waals surface area contributed by atoms with Crippen LogP contribution in [0.5, 0.6) is 0 Å². The van der Waals surface area contributed by atoms with E-state index >= 15 is 0 Å². The molecule has 1 amide bonds. The molecule has 0 atom stereocenters. The van der Waals surface area contributed by atoms with Gasteiger partial charge in [-0.25, -0.2) is 9.97 Å². The largest absolute Gasteiger partial charge is 0.341 e. The minimum absolute atomic E-state index is 0.0121. The Labute approximate surface area is 142 Å². The molecular formula is C19H22N4O. The maximum Gasteiger partial charge on any atom is 0.225 e. The number of benzene rings is 1. The summed E-state index contributed by atoms with van der Waals surface area (Å²) in [5, 5.41) is 0. The van der Waals surface area contributed by atoms with Gasteiger partial charge >= 0.3 is 0 Å². The van der Waals surface area contributed by atoms with E-state index in [1.54, 1.807) is 12.4 Å². The highest BCUT2D eigenvalue weighted by atomic mass is 16.2. The second-order valence-corrected chi connectivity index (χ2v) is 6.73. The van der Waals surface area contributed by atoms with Crippen molar-refractivity contribution in [3.05, 3.63) is 54.4 Å². The van der Waals surface area contributed by atoms with Gasteiger partial charge in [0.05, 0.1) is 0 Å². The van der Waals surface area contributed by atoms with E-state index in [9.17, 15) is 4.79 Å². The fourth-order valence-electron chi connectivity index (χ4n) is 3.99. The van der Waals surface area contributed by atoms with E-state index in [2.05, 4.69) is 31.9 Å². The molecule has 0 aliphatic carbocycles. The van der Waals surface area contributed by atoms with Crippen molar-refractivity contribution in [2.24, 2.45) is 0 Å². The Hall–Kier alpha value is -2.43. The summed E-state index contributed by atoms with van der Waals surface area (Å²) in [5.41, 5.74) is 1.22. The number of amides is 1. The highest BCUT2D eigenvalue weighted by Crippen LogP contribution is 2.40. The van der Waals surface area contributed by atoms with E-state index in [0.29, 0.717) is 12.3 Å². The first-order valence-electron chi connectivity index (χ1n) is 8.63. The van der Waals surface area contributed by atoms with Gasteiger partial charge in [0.15, 0.2) is 0 Å². The summed E-state index contributed by atoms with van der Waals surface area (Å²) in [5.74, 6) is 1.09. The molecule has 0 unspecified atom stereocenters. The number of piperidine rings is 1. The van der Waals surface area contributed by atoms with Gasteiger partial charge in [-0.2, -0.15) is 0 Å². The molecule has 5 nitrogen and oxygen atoms in total. The Morgan fingerprint density at radius 1 is 0.958 bits per heavy atom. The second kappa shape index (κ2) is 6.23. The van der Waals surface area contributed by atoms with Crippen LogP contribution in [0.3, 0.4) is 0 Å². The number of likely N-dealkylation sites (tertiary alicyclic amines) is 1. The Morgan fingerprint density at radius 2 is 1.67 bits per heavy atom. The molecular weight excluding hydrogens is 300 g/mol. The predicted octanol–water partition coefficient (Wildman–Crippen LogP) is 2.64. The van der Waals surface area contributed by atoms with E-state index in [4.69, 9.17) is 0 Å². The molecule has 4 rings (SSSR count). The van der Waals surface area contributed by atoms with E-state index in [1.807, 2.05) is 24.3 Å². The van der Waals surface area contributed by atoms with Crippen LogP contribution in [0, 0.1) is 0 Å². The summed E-state index contributed by atoms with van der Waals surface area (Å²) >= 11 is 0. The highest BCUT2D eigenvalue weighted by molar-refractivity contribution is 5.79. The maximum absolute atomic E-state index is 12.5. The smallest absolute Gasteiger partial charge is 0.225 e. The SMILES string of the molecule is O=C1CCC2(CCN(c3ncccn3)CC2)N1Cc1ccccc1. The summed E-state index contributed by atoms with van der Waals surface area (Å²) in [6, 6.07) is 12.1. The molecule has 3 heterocycles. The summed E-state index contributed by atoms with van der Waals surface area (Å²) in [6.45, 7) is 2.53. The lowest BCUT2D eigenvalue weighted by atomic mass is 9.85. The molecule has 1 spiro atoms. The third-order valence-electron chi connectivity index (χ3n) is 5.39. The zero-order chi connectivity index (χ0) is 16.4. The van der Waals surface area contributed by atoms with Crippen LogP contribution in [-0.4, -0.2) is 39.4 Å². The average molecular weight is 322 g/mol. The normalized spacial score (nSPS) is 19.9. The number of rotatable bonds is 3. The first-order valence-corrected chi connectivity index (χ1v) is 8.63.